The highest BCUT2D eigenvalue weighted by molar-refractivity contribution is 5.98. The monoisotopic (exact) mass is 451 g/mol. The number of carbonyl (C=O) groups is 3. The van der Waals surface area contributed by atoms with Crippen LogP contribution in [0.4, 0.5) is 4.79 Å². The molecule has 0 spiro atoms. The van der Waals surface area contributed by atoms with Crippen LogP contribution in [0.3, 0.4) is 0 Å². The molecule has 2 N–H and O–H groups in total. The summed E-state index contributed by atoms with van der Waals surface area (Å²) in [5, 5.41) is 5.54. The average Bonchev–Trinajstić information content (AvgIpc) is 3.34. The van der Waals surface area contributed by atoms with Crippen molar-refractivity contribution in [1.82, 2.24) is 15.5 Å². The van der Waals surface area contributed by atoms with Crippen molar-refractivity contribution in [3.05, 3.63) is 70.8 Å². The fourth-order valence-electron chi connectivity index (χ4n) is 4.39. The second-order valence-corrected chi connectivity index (χ2v) is 8.44. The largest absolute Gasteiger partial charge is 0.467 e. The molecule has 1 atom stereocenters. The minimum absolute atomic E-state index is 0.0269. The van der Waals surface area contributed by atoms with Crippen molar-refractivity contribution in [3.8, 4) is 0 Å². The van der Waals surface area contributed by atoms with Gasteiger partial charge in [-0.05, 0) is 51.9 Å². The number of amides is 2. The first-order valence-electron chi connectivity index (χ1n) is 11.3. The van der Waals surface area contributed by atoms with E-state index in [9.17, 15) is 14.4 Å². The van der Waals surface area contributed by atoms with Gasteiger partial charge in [0.25, 0.3) is 0 Å². The highest BCUT2D eigenvalue weighted by Crippen LogP contribution is 2.29. The van der Waals surface area contributed by atoms with E-state index in [1.165, 1.54) is 6.26 Å². The molecule has 0 bridgehead atoms. The Morgan fingerprint density at radius 3 is 2.52 bits per heavy atom. The highest BCUT2D eigenvalue weighted by Gasteiger charge is 2.36. The standard InChI is InChI=1S/C25H29N3O5/c1-3-32-24(30)21-19(26-25(31)27-22(21)20-5-4-14-33-20)15-28-12-10-18(11-13-28)23(29)17-8-6-16(2)7-9-17/h4-9,14,18,22H,3,10-13,15H2,1-2H3,(H2,26,27,31). The molecule has 1 saturated heterocycles. The van der Waals surface area contributed by atoms with E-state index in [-0.39, 0.29) is 18.3 Å². The molecule has 8 heteroatoms. The lowest BCUT2D eigenvalue weighted by Gasteiger charge is -2.34. The van der Waals surface area contributed by atoms with Crippen molar-refractivity contribution in [2.24, 2.45) is 5.92 Å². The van der Waals surface area contributed by atoms with Gasteiger partial charge in [-0.1, -0.05) is 29.8 Å². The smallest absolute Gasteiger partial charge is 0.338 e. The van der Waals surface area contributed by atoms with Gasteiger partial charge in [-0.25, -0.2) is 9.59 Å². The fourth-order valence-corrected chi connectivity index (χ4v) is 4.39. The van der Waals surface area contributed by atoms with Crippen molar-refractivity contribution in [1.29, 1.82) is 0 Å². The number of hydrogen-bond acceptors (Lipinski definition) is 6. The van der Waals surface area contributed by atoms with Crippen LogP contribution in [0.15, 0.2) is 58.3 Å². The van der Waals surface area contributed by atoms with E-state index in [0.29, 0.717) is 36.7 Å². The summed E-state index contributed by atoms with van der Waals surface area (Å²) >= 11 is 0. The van der Waals surface area contributed by atoms with Crippen molar-refractivity contribution in [3.63, 3.8) is 0 Å². The number of nitrogens with zero attached hydrogens (tertiary/aromatic N) is 1. The van der Waals surface area contributed by atoms with Crippen molar-refractivity contribution in [2.75, 3.05) is 26.2 Å². The van der Waals surface area contributed by atoms with Gasteiger partial charge < -0.3 is 19.8 Å². The molecular weight excluding hydrogens is 422 g/mol. The number of Topliss-reactive ketones (excluding diaryl/α,β-unsaturated/α-hetero) is 1. The van der Waals surface area contributed by atoms with E-state index in [4.69, 9.17) is 9.15 Å². The number of carbonyl (C=O) groups excluding carboxylic acids is 3. The number of ether oxygens (including phenoxy) is 1. The number of benzene rings is 1. The number of rotatable bonds is 7. The summed E-state index contributed by atoms with van der Waals surface area (Å²) in [5.41, 5.74) is 2.72. The minimum atomic E-state index is -0.719. The van der Waals surface area contributed by atoms with Crippen LogP contribution in [0, 0.1) is 12.8 Å². The summed E-state index contributed by atoms with van der Waals surface area (Å²) in [6.07, 6.45) is 2.95. The number of urea groups is 1. The van der Waals surface area contributed by atoms with Gasteiger partial charge in [0.05, 0.1) is 18.4 Å². The molecule has 1 aromatic carbocycles. The third-order valence-corrected chi connectivity index (χ3v) is 6.15. The van der Waals surface area contributed by atoms with Crippen molar-refractivity contribution < 1.29 is 23.5 Å². The van der Waals surface area contributed by atoms with Gasteiger partial charge in [0, 0.05) is 23.7 Å². The second-order valence-electron chi connectivity index (χ2n) is 8.44. The summed E-state index contributed by atoms with van der Waals surface area (Å²) in [4.78, 5) is 40.2. The Hall–Kier alpha value is -3.39. The molecule has 8 nitrogen and oxygen atoms in total. The van der Waals surface area contributed by atoms with Gasteiger partial charge in [-0.2, -0.15) is 0 Å². The van der Waals surface area contributed by atoms with Crippen molar-refractivity contribution >= 4 is 17.8 Å². The molecule has 1 aromatic heterocycles. The van der Waals surface area contributed by atoms with E-state index in [2.05, 4.69) is 15.5 Å². The number of aryl methyl sites for hydroxylation is 1. The molecule has 174 valence electrons. The highest BCUT2D eigenvalue weighted by atomic mass is 16.5. The summed E-state index contributed by atoms with van der Waals surface area (Å²) in [6, 6.07) is 10.0. The van der Waals surface area contributed by atoms with Crippen LogP contribution in [0.25, 0.3) is 0 Å². The van der Waals surface area contributed by atoms with Crippen LogP contribution in [0.1, 0.15) is 47.5 Å². The number of hydrogen-bond donors (Lipinski definition) is 2. The number of likely N-dealkylation sites (tertiary alicyclic amines) is 1. The Morgan fingerprint density at radius 2 is 1.88 bits per heavy atom. The van der Waals surface area contributed by atoms with E-state index < -0.39 is 18.0 Å². The number of furan rings is 1. The number of ketones is 1. The Kier molecular flexibility index (Phi) is 6.93. The quantitative estimate of drug-likeness (QED) is 0.495. The summed E-state index contributed by atoms with van der Waals surface area (Å²) < 4.78 is 10.7. The Bertz CT molecular complexity index is 1030. The van der Waals surface area contributed by atoms with Crippen LogP contribution in [-0.2, 0) is 9.53 Å². The molecule has 2 aliphatic heterocycles. The molecule has 33 heavy (non-hydrogen) atoms. The van der Waals surface area contributed by atoms with E-state index in [1.807, 2.05) is 31.2 Å². The minimum Gasteiger partial charge on any atom is -0.467 e. The summed E-state index contributed by atoms with van der Waals surface area (Å²) in [5.74, 6) is 0.119. The first-order chi connectivity index (χ1) is 16.0. The van der Waals surface area contributed by atoms with E-state index in [1.54, 1.807) is 19.1 Å². The third-order valence-electron chi connectivity index (χ3n) is 6.15. The van der Waals surface area contributed by atoms with Crippen LogP contribution in [0.5, 0.6) is 0 Å². The van der Waals surface area contributed by atoms with Gasteiger partial charge in [0.2, 0.25) is 0 Å². The molecule has 2 aliphatic rings. The van der Waals surface area contributed by atoms with Crippen molar-refractivity contribution in [2.45, 2.75) is 32.7 Å². The van der Waals surface area contributed by atoms with Gasteiger partial charge in [-0.15, -0.1) is 0 Å². The van der Waals surface area contributed by atoms with E-state index in [0.717, 1.165) is 24.0 Å². The molecular formula is C25H29N3O5. The van der Waals surface area contributed by atoms with Crippen LogP contribution in [-0.4, -0.2) is 48.9 Å². The molecule has 3 heterocycles. The van der Waals surface area contributed by atoms with Crippen LogP contribution >= 0.6 is 0 Å². The maximum atomic E-state index is 12.9. The predicted octanol–water partition coefficient (Wildman–Crippen LogP) is 3.35. The normalized spacial score (nSPS) is 19.7. The average molecular weight is 452 g/mol. The number of esters is 1. The Labute approximate surface area is 193 Å². The fraction of sp³-hybridized carbons (Fsp3) is 0.400. The maximum Gasteiger partial charge on any atom is 0.338 e. The van der Waals surface area contributed by atoms with Gasteiger partial charge >= 0.3 is 12.0 Å². The zero-order chi connectivity index (χ0) is 23.4. The molecule has 0 saturated carbocycles. The number of nitrogens with one attached hydrogen (secondary N) is 2. The molecule has 4 rings (SSSR count). The Balaban J connectivity index is 1.48. The van der Waals surface area contributed by atoms with E-state index >= 15 is 0 Å². The molecule has 2 amide bonds. The first kappa shape index (κ1) is 22.8. The molecule has 0 radical (unpaired) electrons. The molecule has 1 fully saturated rings. The van der Waals surface area contributed by atoms with Gasteiger partial charge in [0.1, 0.15) is 11.8 Å². The second kappa shape index (κ2) is 10.0. The lowest BCUT2D eigenvalue weighted by atomic mass is 9.88. The third kappa shape index (κ3) is 5.17. The lowest BCUT2D eigenvalue weighted by Crippen LogP contribution is -2.49. The van der Waals surface area contributed by atoms with Gasteiger partial charge in [-0.3, -0.25) is 9.69 Å². The SMILES string of the molecule is CCOC(=O)C1=C(CN2CCC(C(=O)c3ccc(C)cc3)CC2)NC(=O)NC1c1ccco1. The van der Waals surface area contributed by atoms with Crippen LogP contribution in [0.2, 0.25) is 0 Å². The van der Waals surface area contributed by atoms with Crippen LogP contribution < -0.4 is 10.6 Å². The molecule has 1 unspecified atom stereocenters. The Morgan fingerprint density at radius 1 is 1.15 bits per heavy atom. The zero-order valence-electron chi connectivity index (χ0n) is 18.9. The topological polar surface area (TPSA) is 101 Å². The number of piperidine rings is 1. The zero-order valence-corrected chi connectivity index (χ0v) is 18.9. The van der Waals surface area contributed by atoms with Gasteiger partial charge in [0.15, 0.2) is 5.78 Å². The summed E-state index contributed by atoms with van der Waals surface area (Å²) in [7, 11) is 0. The first-order valence-corrected chi connectivity index (χ1v) is 11.3. The molecule has 0 aliphatic carbocycles. The summed E-state index contributed by atoms with van der Waals surface area (Å²) in [6.45, 7) is 5.73. The predicted molar refractivity (Wildman–Crippen MR) is 121 cm³/mol. The lowest BCUT2D eigenvalue weighted by molar-refractivity contribution is -0.139. The maximum absolute atomic E-state index is 12.9. The molecule has 2 aromatic rings.